The summed E-state index contributed by atoms with van der Waals surface area (Å²) in [5.74, 6) is -0.797. The topological polar surface area (TPSA) is 37.3 Å². The molecule has 0 aromatic carbocycles. The molecule has 0 aromatic heterocycles. The molecule has 1 rings (SSSR count). The van der Waals surface area contributed by atoms with E-state index in [1.54, 1.807) is 12.2 Å². The zero-order valence-electron chi connectivity index (χ0n) is 6.17. The van der Waals surface area contributed by atoms with Gasteiger partial charge in [-0.25, -0.2) is 4.79 Å². The lowest BCUT2D eigenvalue weighted by atomic mass is 9.98. The van der Waals surface area contributed by atoms with Gasteiger partial charge in [0, 0.05) is 16.5 Å². The van der Waals surface area contributed by atoms with Gasteiger partial charge in [0.15, 0.2) is 0 Å². The third-order valence-electron chi connectivity index (χ3n) is 1.68. The highest BCUT2D eigenvalue weighted by Gasteiger charge is 2.14. The molecule has 1 aliphatic carbocycles. The van der Waals surface area contributed by atoms with E-state index in [-0.39, 0.29) is 5.92 Å². The molecule has 1 atom stereocenters. The van der Waals surface area contributed by atoms with Crippen LogP contribution >= 0.6 is 11.6 Å². The molecular weight excluding hydrogens is 164 g/mol. The maximum atomic E-state index is 10.5. The van der Waals surface area contributed by atoms with Gasteiger partial charge in [-0.2, -0.15) is 0 Å². The van der Waals surface area contributed by atoms with Crippen LogP contribution in [-0.4, -0.2) is 11.1 Å². The van der Waals surface area contributed by atoms with Crippen LogP contribution in [0.5, 0.6) is 0 Å². The highest BCUT2D eigenvalue weighted by molar-refractivity contribution is 6.30. The fourth-order valence-corrected chi connectivity index (χ4v) is 1.14. The average molecular weight is 173 g/mol. The minimum atomic E-state index is -0.850. The molecule has 1 unspecified atom stereocenters. The van der Waals surface area contributed by atoms with Crippen molar-refractivity contribution in [2.75, 3.05) is 0 Å². The summed E-state index contributed by atoms with van der Waals surface area (Å²) >= 11 is 5.76. The van der Waals surface area contributed by atoms with Gasteiger partial charge in [0.2, 0.25) is 0 Å². The third-order valence-corrected chi connectivity index (χ3v) is 2.18. The van der Waals surface area contributed by atoms with Crippen LogP contribution in [-0.2, 0) is 4.79 Å². The first-order chi connectivity index (χ1) is 5.11. The minimum Gasteiger partial charge on any atom is -0.478 e. The van der Waals surface area contributed by atoms with Crippen LogP contribution in [0.3, 0.4) is 0 Å². The highest BCUT2D eigenvalue weighted by Crippen LogP contribution is 2.25. The van der Waals surface area contributed by atoms with Crippen molar-refractivity contribution in [3.63, 3.8) is 0 Å². The van der Waals surface area contributed by atoms with Crippen molar-refractivity contribution in [1.29, 1.82) is 0 Å². The lowest BCUT2D eigenvalue weighted by molar-refractivity contribution is -0.132. The number of carboxylic acids is 1. The van der Waals surface area contributed by atoms with Crippen molar-refractivity contribution in [3.05, 3.63) is 22.8 Å². The molecule has 0 amide bonds. The molecule has 0 radical (unpaired) electrons. The van der Waals surface area contributed by atoms with Crippen molar-refractivity contribution in [2.45, 2.75) is 13.3 Å². The average Bonchev–Trinajstić information content (AvgIpc) is 1.94. The Balaban J connectivity index is 2.77. The van der Waals surface area contributed by atoms with Gasteiger partial charge in [-0.15, -0.1) is 0 Å². The van der Waals surface area contributed by atoms with E-state index in [9.17, 15) is 4.79 Å². The summed E-state index contributed by atoms with van der Waals surface area (Å²) in [7, 11) is 0. The number of carbonyl (C=O) groups is 1. The van der Waals surface area contributed by atoms with E-state index in [1.807, 2.05) is 6.92 Å². The number of hydrogen-bond acceptors (Lipinski definition) is 1. The predicted molar refractivity (Wildman–Crippen MR) is 43.4 cm³/mol. The maximum Gasteiger partial charge on any atom is 0.331 e. The van der Waals surface area contributed by atoms with Crippen molar-refractivity contribution >= 4 is 17.6 Å². The fourth-order valence-electron chi connectivity index (χ4n) is 1.00. The van der Waals surface area contributed by atoms with Crippen LogP contribution in [0.15, 0.2) is 22.8 Å². The number of rotatable bonds is 1. The largest absolute Gasteiger partial charge is 0.478 e. The molecule has 3 heteroatoms. The highest BCUT2D eigenvalue weighted by atomic mass is 35.5. The van der Waals surface area contributed by atoms with Crippen LogP contribution in [0.4, 0.5) is 0 Å². The monoisotopic (exact) mass is 172 g/mol. The molecule has 0 aromatic rings. The normalized spacial score (nSPS) is 24.0. The van der Waals surface area contributed by atoms with Crippen LogP contribution < -0.4 is 0 Å². The van der Waals surface area contributed by atoms with Crippen LogP contribution in [0.25, 0.3) is 0 Å². The number of aliphatic carboxylic acids is 1. The van der Waals surface area contributed by atoms with Gasteiger partial charge in [0.05, 0.1) is 0 Å². The first-order valence-corrected chi connectivity index (χ1v) is 3.78. The second-order valence-corrected chi connectivity index (χ2v) is 3.02. The van der Waals surface area contributed by atoms with E-state index >= 15 is 0 Å². The molecule has 0 spiro atoms. The van der Waals surface area contributed by atoms with Crippen LogP contribution in [0.2, 0.25) is 0 Å². The summed E-state index contributed by atoms with van der Waals surface area (Å²) in [5.41, 5.74) is 0.432. The zero-order chi connectivity index (χ0) is 8.43. The Kier molecular flexibility index (Phi) is 2.35. The lowest BCUT2D eigenvalue weighted by Crippen LogP contribution is -2.06. The van der Waals surface area contributed by atoms with Gasteiger partial charge in [-0.05, 0) is 6.42 Å². The Bertz CT molecular complexity index is 240. The van der Waals surface area contributed by atoms with Crippen molar-refractivity contribution in [2.24, 2.45) is 5.92 Å². The van der Waals surface area contributed by atoms with E-state index in [4.69, 9.17) is 16.7 Å². The molecule has 0 bridgehead atoms. The Morgan fingerprint density at radius 1 is 1.82 bits per heavy atom. The van der Waals surface area contributed by atoms with Gasteiger partial charge < -0.3 is 5.11 Å². The molecule has 1 N–H and O–H groups in total. The number of allylic oxidation sites excluding steroid dienone is 3. The summed E-state index contributed by atoms with van der Waals surface area (Å²) in [6.45, 7) is 1.88. The molecule has 0 saturated carbocycles. The van der Waals surface area contributed by atoms with E-state index in [2.05, 4.69) is 0 Å². The molecule has 0 heterocycles. The Morgan fingerprint density at radius 3 is 2.91 bits per heavy atom. The van der Waals surface area contributed by atoms with Gasteiger partial charge in [0.25, 0.3) is 0 Å². The summed E-state index contributed by atoms with van der Waals surface area (Å²) in [6, 6.07) is 0. The molecule has 0 fully saturated rings. The van der Waals surface area contributed by atoms with Gasteiger partial charge in [0.1, 0.15) is 0 Å². The fraction of sp³-hybridized carbons (Fsp3) is 0.375. The van der Waals surface area contributed by atoms with Crippen LogP contribution in [0.1, 0.15) is 13.3 Å². The first-order valence-electron chi connectivity index (χ1n) is 3.41. The van der Waals surface area contributed by atoms with Gasteiger partial charge in [-0.1, -0.05) is 30.7 Å². The van der Waals surface area contributed by atoms with Crippen molar-refractivity contribution in [1.82, 2.24) is 0 Å². The number of hydrogen-bond donors (Lipinski definition) is 1. The summed E-state index contributed by atoms with van der Waals surface area (Å²) in [6.07, 6.45) is 3.87. The first kappa shape index (κ1) is 8.34. The summed E-state index contributed by atoms with van der Waals surface area (Å²) in [4.78, 5) is 10.5. The standard InChI is InChI=1S/C8H9ClO2/c1-5-4-6(8(10)11)2-3-7(5)9/h3-5H,2H2,1H3,(H,10,11). The molecular formula is C8H9ClO2. The van der Waals surface area contributed by atoms with Crippen LogP contribution in [0, 0.1) is 5.92 Å². The lowest BCUT2D eigenvalue weighted by Gasteiger charge is -2.12. The minimum absolute atomic E-state index is 0.0523. The van der Waals surface area contributed by atoms with E-state index in [0.717, 1.165) is 5.03 Å². The number of carboxylic acid groups (broad SMARTS) is 1. The van der Waals surface area contributed by atoms with E-state index < -0.39 is 5.97 Å². The second-order valence-electron chi connectivity index (χ2n) is 2.58. The van der Waals surface area contributed by atoms with E-state index in [1.165, 1.54) is 0 Å². The van der Waals surface area contributed by atoms with Crippen molar-refractivity contribution < 1.29 is 9.90 Å². The van der Waals surface area contributed by atoms with E-state index in [0.29, 0.717) is 12.0 Å². The quantitative estimate of drug-likeness (QED) is 0.658. The van der Waals surface area contributed by atoms with Crippen molar-refractivity contribution in [3.8, 4) is 0 Å². The molecule has 11 heavy (non-hydrogen) atoms. The zero-order valence-corrected chi connectivity index (χ0v) is 6.93. The molecule has 0 aliphatic heterocycles. The van der Waals surface area contributed by atoms with Gasteiger partial charge in [-0.3, -0.25) is 0 Å². The maximum absolute atomic E-state index is 10.5. The molecule has 1 aliphatic rings. The molecule has 0 saturated heterocycles. The smallest absolute Gasteiger partial charge is 0.331 e. The summed E-state index contributed by atoms with van der Waals surface area (Å²) in [5, 5.41) is 9.33. The Labute approximate surface area is 70.2 Å². The molecule has 2 nitrogen and oxygen atoms in total. The van der Waals surface area contributed by atoms with Gasteiger partial charge >= 0.3 is 5.97 Å². The Hall–Kier alpha value is -0.760. The SMILES string of the molecule is CC1C=C(C(=O)O)CC=C1Cl. The molecule has 60 valence electrons. The predicted octanol–water partition coefficient (Wildman–Crippen LogP) is 2.16. The number of halogens is 1. The third kappa shape index (κ3) is 1.84. The Morgan fingerprint density at radius 2 is 2.45 bits per heavy atom. The second kappa shape index (κ2) is 3.09. The summed E-state index contributed by atoms with van der Waals surface area (Å²) < 4.78 is 0.